The highest BCUT2D eigenvalue weighted by Crippen LogP contribution is 2.14. The maximum atomic E-state index is 11.8. The molecule has 222 valence electrons. The first-order chi connectivity index (χ1) is 18.2. The molecule has 0 aromatic carbocycles. The summed E-state index contributed by atoms with van der Waals surface area (Å²) in [4.78, 5) is 11.8. The summed E-state index contributed by atoms with van der Waals surface area (Å²) in [5.41, 5.74) is 0. The molecule has 0 aromatic rings. The van der Waals surface area contributed by atoms with Crippen molar-refractivity contribution in [3.63, 3.8) is 0 Å². The average Bonchev–Trinajstić information content (AvgIpc) is 2.88. The molecule has 0 aliphatic heterocycles. The van der Waals surface area contributed by atoms with E-state index in [2.05, 4.69) is 20.8 Å². The van der Waals surface area contributed by atoms with Crippen LogP contribution >= 0.6 is 0 Å². The van der Waals surface area contributed by atoms with Crippen molar-refractivity contribution in [3.05, 3.63) is 0 Å². The largest absolute Gasteiger partial charge is 0.466 e. The Balaban J connectivity index is 3.15. The zero-order chi connectivity index (χ0) is 27.1. The molecule has 0 fully saturated rings. The Kier molecular flexibility index (Phi) is 31.0. The van der Waals surface area contributed by atoms with Crippen LogP contribution in [-0.4, -0.2) is 52.2 Å². The van der Waals surface area contributed by atoms with E-state index in [1.807, 2.05) is 0 Å². The molecule has 5 heteroatoms. The fraction of sp³-hybridized carbons (Fsp3) is 0.969. The van der Waals surface area contributed by atoms with E-state index in [1.165, 1.54) is 96.3 Å². The van der Waals surface area contributed by atoms with Gasteiger partial charge >= 0.3 is 5.97 Å². The molecule has 0 atom stereocenters. The van der Waals surface area contributed by atoms with Crippen LogP contribution in [0, 0.1) is 5.92 Å². The van der Waals surface area contributed by atoms with Crippen LogP contribution in [0.4, 0.5) is 0 Å². The van der Waals surface area contributed by atoms with Crippen molar-refractivity contribution < 1.29 is 23.7 Å². The van der Waals surface area contributed by atoms with E-state index in [0.717, 1.165) is 31.8 Å². The number of unbranched alkanes of at least 4 members (excludes halogenated alkanes) is 15. The van der Waals surface area contributed by atoms with Gasteiger partial charge in [-0.25, -0.2) is 0 Å². The normalized spacial score (nSPS) is 11.5. The summed E-state index contributed by atoms with van der Waals surface area (Å²) < 4.78 is 21.9. The van der Waals surface area contributed by atoms with E-state index in [-0.39, 0.29) is 5.97 Å². The van der Waals surface area contributed by atoms with Gasteiger partial charge in [0.05, 0.1) is 33.0 Å². The summed E-state index contributed by atoms with van der Waals surface area (Å²) in [6, 6.07) is 0. The Morgan fingerprint density at radius 2 is 0.892 bits per heavy atom. The first kappa shape index (κ1) is 36.4. The first-order valence-corrected chi connectivity index (χ1v) is 16.1. The Morgan fingerprint density at radius 3 is 1.41 bits per heavy atom. The molecule has 0 saturated heterocycles. The number of rotatable bonds is 31. The smallest absolute Gasteiger partial charge is 0.305 e. The maximum absolute atomic E-state index is 11.8. The zero-order valence-corrected chi connectivity index (χ0v) is 25.2. The molecule has 0 heterocycles. The Labute approximate surface area is 231 Å². The SMILES string of the molecule is CCCCCCOCCOCCOCCCC(=O)OCCCCCCCCCCCCCCCC(C)C. The van der Waals surface area contributed by atoms with E-state index < -0.39 is 0 Å². The zero-order valence-electron chi connectivity index (χ0n) is 25.2. The van der Waals surface area contributed by atoms with Crippen molar-refractivity contribution in [1.82, 2.24) is 0 Å². The lowest BCUT2D eigenvalue weighted by Gasteiger charge is -2.07. The van der Waals surface area contributed by atoms with Crippen LogP contribution < -0.4 is 0 Å². The topological polar surface area (TPSA) is 54.0 Å². The van der Waals surface area contributed by atoms with E-state index in [0.29, 0.717) is 52.5 Å². The van der Waals surface area contributed by atoms with Crippen LogP contribution in [0.25, 0.3) is 0 Å². The molecule has 0 unspecified atom stereocenters. The third-order valence-electron chi connectivity index (χ3n) is 6.74. The summed E-state index contributed by atoms with van der Waals surface area (Å²) in [7, 11) is 0. The average molecular weight is 529 g/mol. The molecular formula is C32H64O5. The molecule has 0 bridgehead atoms. The summed E-state index contributed by atoms with van der Waals surface area (Å²) >= 11 is 0. The molecule has 0 amide bonds. The predicted octanol–water partition coefficient (Wildman–Crippen LogP) is 9.06. The van der Waals surface area contributed by atoms with Crippen molar-refractivity contribution in [2.45, 2.75) is 149 Å². The highest BCUT2D eigenvalue weighted by Gasteiger charge is 2.03. The second kappa shape index (κ2) is 31.6. The highest BCUT2D eigenvalue weighted by molar-refractivity contribution is 5.69. The summed E-state index contributed by atoms with van der Waals surface area (Å²) in [5.74, 6) is 0.763. The van der Waals surface area contributed by atoms with Gasteiger partial charge in [-0.3, -0.25) is 4.79 Å². The van der Waals surface area contributed by atoms with Crippen LogP contribution in [0.15, 0.2) is 0 Å². The molecule has 0 rings (SSSR count). The summed E-state index contributed by atoms with van der Waals surface area (Å²) in [6.45, 7) is 11.2. The quantitative estimate of drug-likeness (QED) is 0.0663. The van der Waals surface area contributed by atoms with E-state index in [9.17, 15) is 4.79 Å². The van der Waals surface area contributed by atoms with Crippen LogP contribution in [0.1, 0.15) is 149 Å². The van der Waals surface area contributed by atoms with Gasteiger partial charge < -0.3 is 18.9 Å². The predicted molar refractivity (Wildman–Crippen MR) is 156 cm³/mol. The number of carbonyl (C=O) groups is 1. The lowest BCUT2D eigenvalue weighted by atomic mass is 10.0. The standard InChI is InChI=1S/C32H64O5/c1-4-5-6-19-24-34-27-29-36-30-28-35-25-21-23-32(33)37-26-20-17-15-13-11-9-7-8-10-12-14-16-18-22-31(2)3/h31H,4-30H2,1-3H3. The minimum absolute atomic E-state index is 0.101. The maximum Gasteiger partial charge on any atom is 0.305 e. The third-order valence-corrected chi connectivity index (χ3v) is 6.74. The van der Waals surface area contributed by atoms with Crippen LogP contribution in [0.3, 0.4) is 0 Å². The monoisotopic (exact) mass is 528 g/mol. The molecule has 37 heavy (non-hydrogen) atoms. The highest BCUT2D eigenvalue weighted by atomic mass is 16.5. The molecule has 0 radical (unpaired) electrons. The van der Waals surface area contributed by atoms with Crippen LogP contribution in [0.2, 0.25) is 0 Å². The molecule has 0 aliphatic carbocycles. The fourth-order valence-corrected chi connectivity index (χ4v) is 4.35. The number of carbonyl (C=O) groups excluding carboxylic acids is 1. The first-order valence-electron chi connectivity index (χ1n) is 16.1. The van der Waals surface area contributed by atoms with Gasteiger partial charge in [0.2, 0.25) is 0 Å². The number of esters is 1. The third kappa shape index (κ3) is 33.3. The second-order valence-electron chi connectivity index (χ2n) is 11.0. The van der Waals surface area contributed by atoms with Crippen molar-refractivity contribution in [2.24, 2.45) is 5.92 Å². The molecule has 0 spiro atoms. The Morgan fingerprint density at radius 1 is 0.486 bits per heavy atom. The Bertz CT molecular complexity index is 441. The van der Waals surface area contributed by atoms with Gasteiger partial charge in [-0.2, -0.15) is 0 Å². The van der Waals surface area contributed by atoms with Gasteiger partial charge in [0.1, 0.15) is 0 Å². The number of hydrogen-bond donors (Lipinski definition) is 0. The molecule has 0 aromatic heterocycles. The van der Waals surface area contributed by atoms with Crippen molar-refractivity contribution >= 4 is 5.97 Å². The van der Waals surface area contributed by atoms with Gasteiger partial charge in [-0.1, -0.05) is 124 Å². The summed E-state index contributed by atoms with van der Waals surface area (Å²) in [5, 5.41) is 0. The minimum atomic E-state index is -0.101. The number of hydrogen-bond acceptors (Lipinski definition) is 5. The van der Waals surface area contributed by atoms with Crippen LogP contribution in [-0.2, 0) is 23.7 Å². The lowest BCUT2D eigenvalue weighted by Crippen LogP contribution is -2.11. The van der Waals surface area contributed by atoms with Gasteiger partial charge in [0, 0.05) is 19.6 Å². The fourth-order valence-electron chi connectivity index (χ4n) is 4.35. The minimum Gasteiger partial charge on any atom is -0.466 e. The Hall–Kier alpha value is -0.650. The summed E-state index contributed by atoms with van der Waals surface area (Å²) in [6.07, 6.45) is 24.8. The van der Waals surface area contributed by atoms with E-state index in [4.69, 9.17) is 18.9 Å². The van der Waals surface area contributed by atoms with Gasteiger partial charge in [0.15, 0.2) is 0 Å². The molecule has 5 nitrogen and oxygen atoms in total. The van der Waals surface area contributed by atoms with Gasteiger partial charge in [0.25, 0.3) is 0 Å². The number of ether oxygens (including phenoxy) is 4. The molecular weight excluding hydrogens is 464 g/mol. The van der Waals surface area contributed by atoms with Crippen molar-refractivity contribution in [2.75, 3.05) is 46.2 Å². The van der Waals surface area contributed by atoms with E-state index in [1.54, 1.807) is 0 Å². The lowest BCUT2D eigenvalue weighted by molar-refractivity contribution is -0.144. The second-order valence-corrected chi connectivity index (χ2v) is 11.0. The van der Waals surface area contributed by atoms with Crippen molar-refractivity contribution in [1.29, 1.82) is 0 Å². The van der Waals surface area contributed by atoms with E-state index >= 15 is 0 Å². The molecule has 0 aliphatic rings. The van der Waals surface area contributed by atoms with Gasteiger partial charge in [-0.15, -0.1) is 0 Å². The molecule has 0 N–H and O–H groups in total. The molecule has 0 saturated carbocycles. The van der Waals surface area contributed by atoms with Crippen molar-refractivity contribution in [3.8, 4) is 0 Å². The van der Waals surface area contributed by atoms with Gasteiger partial charge in [-0.05, 0) is 25.2 Å². The van der Waals surface area contributed by atoms with Crippen LogP contribution in [0.5, 0.6) is 0 Å².